The third-order valence-corrected chi connectivity index (χ3v) is 8.12. The molecule has 5 nitrogen and oxygen atoms in total. The monoisotopic (exact) mass is 405 g/mol. The second-order valence-corrected chi connectivity index (χ2v) is 10.6. The van der Waals surface area contributed by atoms with Crippen molar-refractivity contribution in [3.63, 3.8) is 0 Å². The van der Waals surface area contributed by atoms with Crippen molar-refractivity contribution in [2.24, 2.45) is 0 Å². The van der Waals surface area contributed by atoms with E-state index in [-0.39, 0.29) is 5.75 Å². The fraction of sp³-hybridized carbons (Fsp3) is 0.727. The molecule has 0 amide bonds. The van der Waals surface area contributed by atoms with Gasteiger partial charge in [0, 0.05) is 17.8 Å². The number of nitrogens with one attached hydrogen (secondary N) is 1. The third-order valence-electron chi connectivity index (χ3n) is 6.75. The van der Waals surface area contributed by atoms with Gasteiger partial charge >= 0.3 is 0 Å². The molecule has 4 rings (SSSR count). The van der Waals surface area contributed by atoms with Crippen LogP contribution >= 0.6 is 0 Å². The van der Waals surface area contributed by atoms with Gasteiger partial charge in [-0.2, -0.15) is 0 Å². The third kappa shape index (κ3) is 5.08. The van der Waals surface area contributed by atoms with Crippen molar-refractivity contribution in [1.82, 2.24) is 9.80 Å². The van der Waals surface area contributed by atoms with E-state index in [9.17, 15) is 8.42 Å². The maximum Gasteiger partial charge on any atom is 0.232 e. The first-order valence-corrected chi connectivity index (χ1v) is 12.8. The quantitative estimate of drug-likeness (QED) is 0.745. The SMILES string of the molecule is O=S(=O)(CCCN1CCCCC1)Nc1ccc([C@H]2CC[C@H]3CCCCN32)cc1. The molecular formula is C22H35N3O2S. The highest BCUT2D eigenvalue weighted by atomic mass is 32.2. The lowest BCUT2D eigenvalue weighted by molar-refractivity contribution is 0.150. The molecule has 0 spiro atoms. The summed E-state index contributed by atoms with van der Waals surface area (Å²) in [7, 11) is -3.27. The highest BCUT2D eigenvalue weighted by Gasteiger charge is 2.35. The van der Waals surface area contributed by atoms with Crippen LogP contribution in [-0.4, -0.2) is 56.2 Å². The van der Waals surface area contributed by atoms with Crippen molar-refractivity contribution >= 4 is 15.7 Å². The number of sulfonamides is 1. The van der Waals surface area contributed by atoms with Crippen LogP contribution in [0.5, 0.6) is 0 Å². The molecule has 3 heterocycles. The van der Waals surface area contributed by atoms with E-state index in [2.05, 4.69) is 26.7 Å². The molecule has 0 radical (unpaired) electrons. The van der Waals surface area contributed by atoms with E-state index in [1.54, 1.807) is 0 Å². The Morgan fingerprint density at radius 2 is 1.64 bits per heavy atom. The Hall–Kier alpha value is -1.11. The number of nitrogens with zero attached hydrogens (tertiary/aromatic N) is 2. The van der Waals surface area contributed by atoms with Crippen LogP contribution in [0.4, 0.5) is 5.69 Å². The molecule has 3 saturated heterocycles. The van der Waals surface area contributed by atoms with Crippen molar-refractivity contribution in [2.75, 3.05) is 36.7 Å². The van der Waals surface area contributed by atoms with E-state index in [1.165, 1.54) is 63.5 Å². The maximum atomic E-state index is 12.4. The van der Waals surface area contributed by atoms with E-state index in [0.29, 0.717) is 18.2 Å². The number of hydrogen-bond donors (Lipinski definition) is 1. The second kappa shape index (κ2) is 9.14. The Bertz CT molecular complexity index is 729. The van der Waals surface area contributed by atoms with Crippen LogP contribution in [0.1, 0.15) is 69.4 Å². The van der Waals surface area contributed by atoms with Crippen LogP contribution in [0, 0.1) is 0 Å². The zero-order valence-electron chi connectivity index (χ0n) is 17.0. The van der Waals surface area contributed by atoms with E-state index < -0.39 is 10.0 Å². The number of benzene rings is 1. The molecule has 1 aromatic carbocycles. The molecule has 156 valence electrons. The summed E-state index contributed by atoms with van der Waals surface area (Å²) in [5.41, 5.74) is 2.02. The van der Waals surface area contributed by atoms with Crippen LogP contribution in [0.15, 0.2) is 24.3 Å². The topological polar surface area (TPSA) is 52.7 Å². The van der Waals surface area contributed by atoms with Gasteiger partial charge in [0.25, 0.3) is 0 Å². The summed E-state index contributed by atoms with van der Waals surface area (Å²) >= 11 is 0. The van der Waals surface area contributed by atoms with Crippen molar-refractivity contribution in [1.29, 1.82) is 0 Å². The van der Waals surface area contributed by atoms with Crippen molar-refractivity contribution in [2.45, 2.75) is 69.9 Å². The predicted octanol–water partition coefficient (Wildman–Crippen LogP) is 3.99. The summed E-state index contributed by atoms with van der Waals surface area (Å²) in [6, 6.07) is 9.39. The van der Waals surface area contributed by atoms with Gasteiger partial charge in [-0.1, -0.05) is 25.0 Å². The van der Waals surface area contributed by atoms with Crippen molar-refractivity contribution in [3.05, 3.63) is 29.8 Å². The molecule has 3 aliphatic heterocycles. The summed E-state index contributed by atoms with van der Waals surface area (Å²) in [4.78, 5) is 5.06. The van der Waals surface area contributed by atoms with Crippen LogP contribution in [0.3, 0.4) is 0 Å². The fourth-order valence-corrected chi connectivity index (χ4v) is 6.39. The highest BCUT2D eigenvalue weighted by Crippen LogP contribution is 2.40. The molecule has 0 saturated carbocycles. The minimum Gasteiger partial charge on any atom is -0.303 e. The van der Waals surface area contributed by atoms with Gasteiger partial charge in [0.05, 0.1) is 5.75 Å². The van der Waals surface area contributed by atoms with Crippen molar-refractivity contribution < 1.29 is 8.42 Å². The van der Waals surface area contributed by atoms with Crippen molar-refractivity contribution in [3.8, 4) is 0 Å². The normalized spacial score (nSPS) is 26.9. The second-order valence-electron chi connectivity index (χ2n) is 8.78. The molecule has 2 atom stereocenters. The smallest absolute Gasteiger partial charge is 0.232 e. The van der Waals surface area contributed by atoms with Gasteiger partial charge in [0.1, 0.15) is 0 Å². The van der Waals surface area contributed by atoms with Gasteiger partial charge in [-0.25, -0.2) is 8.42 Å². The molecule has 0 aliphatic carbocycles. The van der Waals surface area contributed by atoms with Gasteiger partial charge in [0.2, 0.25) is 10.0 Å². The van der Waals surface area contributed by atoms with E-state index >= 15 is 0 Å². The first kappa shape index (κ1) is 20.2. The summed E-state index contributed by atoms with van der Waals surface area (Å²) in [6.07, 6.45) is 11.0. The predicted molar refractivity (Wildman–Crippen MR) is 115 cm³/mol. The Morgan fingerprint density at radius 3 is 2.43 bits per heavy atom. The zero-order valence-corrected chi connectivity index (χ0v) is 17.8. The summed E-state index contributed by atoms with van der Waals surface area (Å²) < 4.78 is 27.6. The number of rotatable bonds is 7. The average Bonchev–Trinajstić information content (AvgIpc) is 3.13. The lowest BCUT2D eigenvalue weighted by Gasteiger charge is -2.34. The van der Waals surface area contributed by atoms with Gasteiger partial charge in [-0.05, 0) is 88.8 Å². The molecular weight excluding hydrogens is 370 g/mol. The molecule has 0 unspecified atom stereocenters. The minimum absolute atomic E-state index is 0.198. The van der Waals surface area contributed by atoms with Crippen LogP contribution in [0.25, 0.3) is 0 Å². The first-order valence-electron chi connectivity index (χ1n) is 11.2. The van der Waals surface area contributed by atoms with Crippen LogP contribution < -0.4 is 4.72 Å². The van der Waals surface area contributed by atoms with Gasteiger partial charge in [0.15, 0.2) is 0 Å². The van der Waals surface area contributed by atoms with Crippen LogP contribution in [-0.2, 0) is 10.0 Å². The number of fused-ring (bicyclic) bond motifs is 1. The molecule has 1 N–H and O–H groups in total. The van der Waals surface area contributed by atoms with Crippen LogP contribution in [0.2, 0.25) is 0 Å². The highest BCUT2D eigenvalue weighted by molar-refractivity contribution is 7.92. The first-order chi connectivity index (χ1) is 13.6. The number of anilines is 1. The molecule has 6 heteroatoms. The van der Waals surface area contributed by atoms with E-state index in [0.717, 1.165) is 25.7 Å². The van der Waals surface area contributed by atoms with E-state index in [4.69, 9.17) is 0 Å². The standard InChI is InChI=1S/C22H35N3O2S/c26-28(27,18-6-16-24-14-3-1-4-15-24)23-20-10-8-19(9-11-20)22-13-12-21-7-2-5-17-25(21)22/h8-11,21-23H,1-7,12-18H2/t21-,22-/m1/s1. The van der Waals surface area contributed by atoms with Gasteiger partial charge in [-0.3, -0.25) is 9.62 Å². The number of piperidine rings is 2. The minimum atomic E-state index is -3.27. The Labute approximate surface area is 170 Å². The largest absolute Gasteiger partial charge is 0.303 e. The average molecular weight is 406 g/mol. The molecule has 0 bridgehead atoms. The van der Waals surface area contributed by atoms with E-state index in [1.807, 2.05) is 12.1 Å². The number of hydrogen-bond acceptors (Lipinski definition) is 4. The van der Waals surface area contributed by atoms with Gasteiger partial charge < -0.3 is 4.90 Å². The molecule has 3 fully saturated rings. The molecule has 1 aromatic rings. The zero-order chi connectivity index (χ0) is 19.4. The summed E-state index contributed by atoms with van der Waals surface area (Å²) in [6.45, 7) is 4.33. The number of likely N-dealkylation sites (tertiary alicyclic amines) is 1. The Morgan fingerprint density at radius 1 is 0.893 bits per heavy atom. The van der Waals surface area contributed by atoms with Gasteiger partial charge in [-0.15, -0.1) is 0 Å². The molecule has 28 heavy (non-hydrogen) atoms. The molecule has 3 aliphatic rings. The lowest BCUT2D eigenvalue weighted by Crippen LogP contribution is -2.35. The lowest BCUT2D eigenvalue weighted by atomic mass is 10.0. The summed E-state index contributed by atoms with van der Waals surface area (Å²) in [5.74, 6) is 0.198. The maximum absolute atomic E-state index is 12.4. The summed E-state index contributed by atoms with van der Waals surface area (Å²) in [5, 5.41) is 0. The fourth-order valence-electron chi connectivity index (χ4n) is 5.28. The molecule has 0 aromatic heterocycles. The Balaban J connectivity index is 1.28. The Kier molecular flexibility index (Phi) is 6.59.